The number of hydrogen-bond acceptors (Lipinski definition) is 3. The van der Waals surface area contributed by atoms with Crippen LogP contribution in [-0.2, 0) is 0 Å². The molecule has 0 radical (unpaired) electrons. The highest BCUT2D eigenvalue weighted by molar-refractivity contribution is 4.97. The molecule has 3 heteroatoms. The van der Waals surface area contributed by atoms with Crippen molar-refractivity contribution in [1.82, 2.24) is 4.90 Å². The Morgan fingerprint density at radius 3 is 2.92 bits per heavy atom. The fourth-order valence-corrected chi connectivity index (χ4v) is 2.04. The number of piperidine rings is 1. The van der Waals surface area contributed by atoms with Crippen molar-refractivity contribution in [2.24, 2.45) is 5.73 Å². The summed E-state index contributed by atoms with van der Waals surface area (Å²) in [4.78, 5) is 2.28. The van der Waals surface area contributed by atoms with Crippen molar-refractivity contribution in [2.45, 2.75) is 37.8 Å². The van der Waals surface area contributed by atoms with E-state index in [4.69, 9.17) is 10.8 Å². The zero-order valence-electron chi connectivity index (χ0n) is 8.08. The molecule has 0 bridgehead atoms. The van der Waals surface area contributed by atoms with Crippen LogP contribution in [-0.4, -0.2) is 41.8 Å². The van der Waals surface area contributed by atoms with Gasteiger partial charge < -0.3 is 15.7 Å². The van der Waals surface area contributed by atoms with Gasteiger partial charge in [-0.2, -0.15) is 0 Å². The van der Waals surface area contributed by atoms with Gasteiger partial charge in [0.25, 0.3) is 0 Å². The lowest BCUT2D eigenvalue weighted by Gasteiger charge is -2.44. The maximum atomic E-state index is 8.89. The molecule has 0 aromatic carbocycles. The van der Waals surface area contributed by atoms with E-state index in [0.717, 1.165) is 25.8 Å². The third-order valence-electron chi connectivity index (χ3n) is 3.22. The minimum atomic E-state index is -0.165. The second-order valence-electron chi connectivity index (χ2n) is 3.97. The minimum absolute atomic E-state index is 0.165. The molecule has 12 heavy (non-hydrogen) atoms. The van der Waals surface area contributed by atoms with Crippen LogP contribution in [0.15, 0.2) is 0 Å². The molecule has 0 amide bonds. The molecule has 1 fully saturated rings. The fourth-order valence-electron chi connectivity index (χ4n) is 2.04. The third-order valence-corrected chi connectivity index (χ3v) is 3.22. The summed E-state index contributed by atoms with van der Waals surface area (Å²) in [6, 6.07) is 0.387. The molecule has 0 aliphatic carbocycles. The first-order valence-corrected chi connectivity index (χ1v) is 4.70. The van der Waals surface area contributed by atoms with Crippen molar-refractivity contribution in [3.8, 4) is 0 Å². The minimum Gasteiger partial charge on any atom is -0.396 e. The molecule has 0 aromatic heterocycles. The Bertz CT molecular complexity index is 147. The van der Waals surface area contributed by atoms with E-state index >= 15 is 0 Å². The molecule has 3 N–H and O–H groups in total. The highest BCUT2D eigenvalue weighted by atomic mass is 16.3. The standard InChI is InChI=1S/C9H20N2O/c1-8-9(10,5-7-12)4-3-6-11(8)2/h8,12H,3-7,10H2,1-2H3. The van der Waals surface area contributed by atoms with Crippen LogP contribution in [0.3, 0.4) is 0 Å². The van der Waals surface area contributed by atoms with Gasteiger partial charge in [-0.3, -0.25) is 0 Å². The smallest absolute Gasteiger partial charge is 0.0449 e. The second-order valence-corrected chi connectivity index (χ2v) is 3.97. The Morgan fingerprint density at radius 1 is 1.67 bits per heavy atom. The summed E-state index contributed by atoms with van der Waals surface area (Å²) in [5.74, 6) is 0. The summed E-state index contributed by atoms with van der Waals surface area (Å²) < 4.78 is 0. The van der Waals surface area contributed by atoms with Crippen LogP contribution in [0.5, 0.6) is 0 Å². The van der Waals surface area contributed by atoms with Gasteiger partial charge in [-0.1, -0.05) is 0 Å². The normalized spacial score (nSPS) is 38.5. The molecule has 1 rings (SSSR count). The van der Waals surface area contributed by atoms with Crippen molar-refractivity contribution in [3.05, 3.63) is 0 Å². The van der Waals surface area contributed by atoms with Gasteiger partial charge in [-0.05, 0) is 39.8 Å². The summed E-state index contributed by atoms with van der Waals surface area (Å²) in [7, 11) is 2.10. The SMILES string of the molecule is CC1N(C)CCCC1(N)CCO. The zero-order chi connectivity index (χ0) is 9.19. The van der Waals surface area contributed by atoms with E-state index in [1.807, 2.05) is 0 Å². The van der Waals surface area contributed by atoms with Gasteiger partial charge in [-0.25, -0.2) is 0 Å². The van der Waals surface area contributed by atoms with Gasteiger partial charge in [0.1, 0.15) is 0 Å². The molecule has 3 nitrogen and oxygen atoms in total. The Labute approximate surface area is 74.5 Å². The van der Waals surface area contributed by atoms with Crippen molar-refractivity contribution < 1.29 is 5.11 Å². The highest BCUT2D eigenvalue weighted by Crippen LogP contribution is 2.26. The molecule has 1 aliphatic heterocycles. The lowest BCUT2D eigenvalue weighted by atomic mass is 9.81. The van der Waals surface area contributed by atoms with Gasteiger partial charge in [-0.15, -0.1) is 0 Å². The first kappa shape index (κ1) is 9.96. The fraction of sp³-hybridized carbons (Fsp3) is 1.00. The lowest BCUT2D eigenvalue weighted by Crippen LogP contribution is -2.59. The topological polar surface area (TPSA) is 49.5 Å². The predicted octanol–water partition coefficient (Wildman–Crippen LogP) is 0.180. The van der Waals surface area contributed by atoms with Crippen LogP contribution in [0.1, 0.15) is 26.2 Å². The molecule has 0 saturated carbocycles. The number of aliphatic hydroxyl groups excluding tert-OH is 1. The van der Waals surface area contributed by atoms with Crippen LogP contribution in [0, 0.1) is 0 Å². The monoisotopic (exact) mass is 172 g/mol. The van der Waals surface area contributed by atoms with Crippen LogP contribution >= 0.6 is 0 Å². The van der Waals surface area contributed by atoms with Crippen molar-refractivity contribution >= 4 is 0 Å². The third kappa shape index (κ3) is 1.79. The number of rotatable bonds is 2. The first-order valence-electron chi connectivity index (χ1n) is 4.70. The first-order chi connectivity index (χ1) is 5.60. The molecule has 1 saturated heterocycles. The van der Waals surface area contributed by atoms with E-state index in [1.165, 1.54) is 0 Å². The van der Waals surface area contributed by atoms with E-state index in [-0.39, 0.29) is 12.1 Å². The Morgan fingerprint density at radius 2 is 2.33 bits per heavy atom. The molecular formula is C9H20N2O. The average molecular weight is 172 g/mol. The van der Waals surface area contributed by atoms with Gasteiger partial charge in [0.05, 0.1) is 0 Å². The van der Waals surface area contributed by atoms with E-state index in [1.54, 1.807) is 0 Å². The van der Waals surface area contributed by atoms with Gasteiger partial charge in [0.2, 0.25) is 0 Å². The van der Waals surface area contributed by atoms with Crippen LogP contribution < -0.4 is 5.73 Å². The van der Waals surface area contributed by atoms with E-state index in [2.05, 4.69) is 18.9 Å². The van der Waals surface area contributed by atoms with E-state index in [0.29, 0.717) is 6.04 Å². The van der Waals surface area contributed by atoms with E-state index < -0.39 is 0 Å². The quantitative estimate of drug-likeness (QED) is 0.625. The summed E-state index contributed by atoms with van der Waals surface area (Å²) in [5, 5.41) is 8.89. The molecule has 2 atom stereocenters. The van der Waals surface area contributed by atoms with E-state index in [9.17, 15) is 0 Å². The van der Waals surface area contributed by atoms with Crippen molar-refractivity contribution in [1.29, 1.82) is 0 Å². The molecule has 72 valence electrons. The number of hydrogen-bond donors (Lipinski definition) is 2. The number of likely N-dealkylation sites (N-methyl/N-ethyl adjacent to an activating group) is 1. The zero-order valence-corrected chi connectivity index (χ0v) is 8.08. The Kier molecular flexibility index (Phi) is 3.09. The van der Waals surface area contributed by atoms with Gasteiger partial charge in [0.15, 0.2) is 0 Å². The molecule has 1 heterocycles. The Balaban J connectivity index is 2.60. The number of nitrogens with zero attached hydrogens (tertiary/aromatic N) is 1. The largest absolute Gasteiger partial charge is 0.396 e. The van der Waals surface area contributed by atoms with Crippen molar-refractivity contribution in [3.63, 3.8) is 0 Å². The Hall–Kier alpha value is -0.120. The number of likely N-dealkylation sites (tertiary alicyclic amines) is 1. The molecule has 0 aromatic rings. The summed E-state index contributed by atoms with van der Waals surface area (Å²) in [6.07, 6.45) is 2.91. The maximum absolute atomic E-state index is 8.89. The molecule has 1 aliphatic rings. The number of nitrogens with two attached hydrogens (primary N) is 1. The summed E-state index contributed by atoms with van der Waals surface area (Å²) in [5.41, 5.74) is 6.04. The molecular weight excluding hydrogens is 152 g/mol. The molecule has 0 spiro atoms. The summed E-state index contributed by atoms with van der Waals surface area (Å²) in [6.45, 7) is 3.48. The molecule has 2 unspecified atom stereocenters. The average Bonchev–Trinajstić information content (AvgIpc) is 2.01. The number of aliphatic hydroxyl groups is 1. The van der Waals surface area contributed by atoms with Crippen LogP contribution in [0.4, 0.5) is 0 Å². The van der Waals surface area contributed by atoms with Crippen LogP contribution in [0.2, 0.25) is 0 Å². The maximum Gasteiger partial charge on any atom is 0.0449 e. The lowest BCUT2D eigenvalue weighted by molar-refractivity contribution is 0.0846. The van der Waals surface area contributed by atoms with Gasteiger partial charge in [0, 0.05) is 18.2 Å². The highest BCUT2D eigenvalue weighted by Gasteiger charge is 2.36. The predicted molar refractivity (Wildman–Crippen MR) is 49.9 cm³/mol. The second kappa shape index (κ2) is 3.73. The van der Waals surface area contributed by atoms with Gasteiger partial charge >= 0.3 is 0 Å². The summed E-state index contributed by atoms with van der Waals surface area (Å²) >= 11 is 0. The van der Waals surface area contributed by atoms with Crippen LogP contribution in [0.25, 0.3) is 0 Å². The van der Waals surface area contributed by atoms with Crippen molar-refractivity contribution in [2.75, 3.05) is 20.2 Å².